The molecule has 2 heterocycles. The van der Waals surface area contributed by atoms with Gasteiger partial charge in [0.2, 0.25) is 5.91 Å². The number of carbonyl (C=O) groups is 1. The highest BCUT2D eigenvalue weighted by Crippen LogP contribution is 2.29. The topological polar surface area (TPSA) is 46.3 Å². The monoisotopic (exact) mass is 276 g/mol. The number of amides is 1. The highest BCUT2D eigenvalue weighted by Gasteiger charge is 2.28. The molecule has 0 radical (unpaired) electrons. The Morgan fingerprint density at radius 1 is 1.32 bits per heavy atom. The molecule has 1 amide bonds. The van der Waals surface area contributed by atoms with Crippen molar-refractivity contribution in [3.8, 4) is 0 Å². The number of rotatable bonds is 1. The van der Waals surface area contributed by atoms with Crippen LogP contribution in [0.25, 0.3) is 0 Å². The van der Waals surface area contributed by atoms with E-state index in [1.165, 1.54) is 24.0 Å². The normalized spacial score (nSPS) is 22.9. The summed E-state index contributed by atoms with van der Waals surface area (Å²) in [4.78, 5) is 14.5. The fourth-order valence-corrected chi connectivity index (χ4v) is 4.18. The lowest BCUT2D eigenvalue weighted by molar-refractivity contribution is -0.131. The van der Waals surface area contributed by atoms with E-state index in [-0.39, 0.29) is 5.25 Å². The summed E-state index contributed by atoms with van der Waals surface area (Å²) in [6.07, 6.45) is 4.46. The van der Waals surface area contributed by atoms with Gasteiger partial charge in [0.25, 0.3) is 0 Å². The number of nitrogens with zero attached hydrogens (tertiary/aromatic N) is 1. The fourth-order valence-electron chi connectivity index (χ4n) is 2.90. The molecule has 0 bridgehead atoms. The Hall–Kier alpha value is -1.16. The molecular formula is C15H20N2OS. The predicted octanol–water partition coefficient (Wildman–Crippen LogP) is 2.44. The first-order valence-electron chi connectivity index (χ1n) is 7.02. The maximum atomic E-state index is 12.5. The van der Waals surface area contributed by atoms with Gasteiger partial charge in [-0.2, -0.15) is 0 Å². The molecule has 0 aliphatic carbocycles. The van der Waals surface area contributed by atoms with E-state index in [9.17, 15) is 4.79 Å². The van der Waals surface area contributed by atoms with Crippen molar-refractivity contribution in [2.75, 3.05) is 18.0 Å². The van der Waals surface area contributed by atoms with Crippen LogP contribution in [0.1, 0.15) is 30.4 Å². The number of hydrogen-bond donors (Lipinski definition) is 1. The summed E-state index contributed by atoms with van der Waals surface area (Å²) in [7, 11) is 0. The molecule has 1 unspecified atom stereocenters. The van der Waals surface area contributed by atoms with E-state index in [0.717, 1.165) is 37.4 Å². The Morgan fingerprint density at radius 2 is 2.21 bits per heavy atom. The summed E-state index contributed by atoms with van der Waals surface area (Å²) >= 11 is 1.83. The first-order valence-corrected chi connectivity index (χ1v) is 8.06. The molecule has 1 fully saturated rings. The molecule has 0 spiro atoms. The number of nitrogens with two attached hydrogens (primary N) is 1. The highest BCUT2D eigenvalue weighted by atomic mass is 32.2. The highest BCUT2D eigenvalue weighted by molar-refractivity contribution is 8.00. The van der Waals surface area contributed by atoms with Gasteiger partial charge in [0.15, 0.2) is 0 Å². The maximum Gasteiger partial charge on any atom is 0.235 e. The van der Waals surface area contributed by atoms with E-state index >= 15 is 0 Å². The van der Waals surface area contributed by atoms with Crippen molar-refractivity contribution >= 4 is 23.4 Å². The van der Waals surface area contributed by atoms with Gasteiger partial charge in [-0.15, -0.1) is 11.8 Å². The van der Waals surface area contributed by atoms with E-state index in [4.69, 9.17) is 5.73 Å². The van der Waals surface area contributed by atoms with Gasteiger partial charge in [0.05, 0.1) is 5.25 Å². The van der Waals surface area contributed by atoms with Crippen molar-refractivity contribution < 1.29 is 4.79 Å². The van der Waals surface area contributed by atoms with Gasteiger partial charge >= 0.3 is 0 Å². The van der Waals surface area contributed by atoms with Crippen LogP contribution in [0.2, 0.25) is 0 Å². The van der Waals surface area contributed by atoms with Crippen LogP contribution < -0.4 is 5.73 Å². The molecule has 1 aromatic rings. The molecule has 19 heavy (non-hydrogen) atoms. The van der Waals surface area contributed by atoms with Crippen LogP contribution in [-0.2, 0) is 17.8 Å². The lowest BCUT2D eigenvalue weighted by atomic mass is 9.98. The largest absolute Gasteiger partial charge is 0.399 e. The lowest BCUT2D eigenvalue weighted by Crippen LogP contribution is -2.41. The molecular weight excluding hydrogens is 256 g/mol. The number of fused-ring (bicyclic) bond motifs is 1. The van der Waals surface area contributed by atoms with E-state index in [1.807, 2.05) is 28.8 Å². The molecule has 0 saturated carbocycles. The Kier molecular flexibility index (Phi) is 3.69. The second-order valence-corrected chi connectivity index (χ2v) is 6.70. The summed E-state index contributed by atoms with van der Waals surface area (Å²) in [5.41, 5.74) is 9.20. The second-order valence-electron chi connectivity index (χ2n) is 5.39. The molecule has 102 valence electrons. The van der Waals surface area contributed by atoms with Crippen molar-refractivity contribution in [3.63, 3.8) is 0 Å². The Balaban J connectivity index is 1.72. The molecule has 1 aromatic carbocycles. The lowest BCUT2D eigenvalue weighted by Gasteiger charge is -2.33. The molecule has 2 N–H and O–H groups in total. The molecule has 2 aliphatic heterocycles. The van der Waals surface area contributed by atoms with Gasteiger partial charge in [-0.05, 0) is 48.3 Å². The van der Waals surface area contributed by atoms with Gasteiger partial charge in [0.1, 0.15) is 0 Å². The molecule has 2 aliphatic rings. The number of thioether (sulfide) groups is 1. The van der Waals surface area contributed by atoms with Crippen LogP contribution in [0.15, 0.2) is 18.2 Å². The van der Waals surface area contributed by atoms with Crippen LogP contribution in [0.3, 0.4) is 0 Å². The number of hydrogen-bond acceptors (Lipinski definition) is 3. The predicted molar refractivity (Wildman–Crippen MR) is 80.1 cm³/mol. The average molecular weight is 276 g/mol. The van der Waals surface area contributed by atoms with E-state index in [2.05, 4.69) is 6.07 Å². The third-order valence-corrected chi connectivity index (χ3v) is 5.37. The maximum absolute atomic E-state index is 12.5. The third-order valence-electron chi connectivity index (χ3n) is 4.01. The average Bonchev–Trinajstić information content (AvgIpc) is 2.46. The van der Waals surface area contributed by atoms with E-state index in [0.29, 0.717) is 5.91 Å². The Labute approximate surface area is 118 Å². The van der Waals surface area contributed by atoms with Gasteiger partial charge in [-0.3, -0.25) is 4.79 Å². The summed E-state index contributed by atoms with van der Waals surface area (Å²) in [5, 5.41) is 0.191. The fraction of sp³-hybridized carbons (Fsp3) is 0.533. The summed E-state index contributed by atoms with van der Waals surface area (Å²) in [6.45, 7) is 1.59. The standard InChI is InChI=1S/C15H20N2OS/c16-13-5-4-11-6-7-17(10-12(11)9-13)15(18)14-3-1-2-8-19-14/h4-5,9,14H,1-3,6-8,10,16H2. The minimum Gasteiger partial charge on any atom is -0.399 e. The Bertz CT molecular complexity index is 483. The number of nitrogen functional groups attached to an aromatic ring is 1. The molecule has 4 heteroatoms. The SMILES string of the molecule is Nc1ccc2c(c1)CN(C(=O)C1CCCCS1)CC2. The smallest absolute Gasteiger partial charge is 0.235 e. The minimum atomic E-state index is 0.191. The van der Waals surface area contributed by atoms with E-state index in [1.54, 1.807) is 0 Å². The first kappa shape index (κ1) is 12.9. The van der Waals surface area contributed by atoms with Gasteiger partial charge < -0.3 is 10.6 Å². The molecule has 3 nitrogen and oxygen atoms in total. The van der Waals surface area contributed by atoms with Crippen molar-refractivity contribution in [1.82, 2.24) is 4.90 Å². The number of carbonyl (C=O) groups excluding carboxylic acids is 1. The summed E-state index contributed by atoms with van der Waals surface area (Å²) in [5.74, 6) is 1.46. The van der Waals surface area contributed by atoms with Crippen LogP contribution >= 0.6 is 11.8 Å². The third kappa shape index (κ3) is 2.73. The minimum absolute atomic E-state index is 0.191. The molecule has 1 atom stereocenters. The van der Waals surface area contributed by atoms with Crippen molar-refractivity contribution in [3.05, 3.63) is 29.3 Å². The van der Waals surface area contributed by atoms with Crippen LogP contribution in [0.5, 0.6) is 0 Å². The van der Waals surface area contributed by atoms with Gasteiger partial charge in [-0.25, -0.2) is 0 Å². The zero-order valence-corrected chi connectivity index (χ0v) is 11.9. The quantitative estimate of drug-likeness (QED) is 0.801. The van der Waals surface area contributed by atoms with E-state index < -0.39 is 0 Å². The van der Waals surface area contributed by atoms with Crippen molar-refractivity contribution in [2.45, 2.75) is 37.5 Å². The van der Waals surface area contributed by atoms with Crippen LogP contribution in [0.4, 0.5) is 5.69 Å². The van der Waals surface area contributed by atoms with Crippen molar-refractivity contribution in [2.24, 2.45) is 0 Å². The van der Waals surface area contributed by atoms with Gasteiger partial charge in [-0.1, -0.05) is 12.5 Å². The number of benzene rings is 1. The summed E-state index contributed by atoms with van der Waals surface area (Å²) in [6, 6.07) is 6.07. The Morgan fingerprint density at radius 3 is 3.00 bits per heavy atom. The first-order chi connectivity index (χ1) is 9.24. The molecule has 1 saturated heterocycles. The van der Waals surface area contributed by atoms with Crippen molar-refractivity contribution in [1.29, 1.82) is 0 Å². The number of anilines is 1. The molecule has 0 aromatic heterocycles. The molecule has 3 rings (SSSR count). The van der Waals surface area contributed by atoms with Gasteiger partial charge in [0, 0.05) is 18.8 Å². The van der Waals surface area contributed by atoms with Crippen LogP contribution in [0, 0.1) is 0 Å². The summed E-state index contributed by atoms with van der Waals surface area (Å²) < 4.78 is 0. The van der Waals surface area contributed by atoms with Crippen LogP contribution in [-0.4, -0.2) is 28.4 Å². The zero-order valence-electron chi connectivity index (χ0n) is 11.1. The second kappa shape index (κ2) is 5.45. The zero-order chi connectivity index (χ0) is 13.2.